The van der Waals surface area contributed by atoms with Crippen LogP contribution < -0.4 is 11.1 Å². The maximum absolute atomic E-state index is 11.3. The average molecular weight is 257 g/mol. The van der Waals surface area contributed by atoms with Crippen molar-refractivity contribution in [2.45, 2.75) is 38.6 Å². The number of carbonyl (C=O) groups excluding carboxylic acids is 1. The van der Waals surface area contributed by atoms with Gasteiger partial charge in [-0.3, -0.25) is 4.90 Å². The van der Waals surface area contributed by atoms with Gasteiger partial charge < -0.3 is 15.8 Å². The third-order valence-electron chi connectivity index (χ3n) is 3.53. The number of nitrogens with zero attached hydrogens (tertiary/aromatic N) is 1. The number of hydrogen-bond donors (Lipinski definition) is 2. The normalized spacial score (nSPS) is 24.8. The summed E-state index contributed by atoms with van der Waals surface area (Å²) >= 11 is 0. The quantitative estimate of drug-likeness (QED) is 0.750. The van der Waals surface area contributed by atoms with Gasteiger partial charge in [0, 0.05) is 32.2 Å². The Hall–Kier alpha value is -0.810. The Morgan fingerprint density at radius 3 is 2.89 bits per heavy atom. The molecule has 5 heteroatoms. The van der Waals surface area contributed by atoms with Gasteiger partial charge in [-0.15, -0.1) is 0 Å². The Bertz CT molecular complexity index is 248. The van der Waals surface area contributed by atoms with Crippen LogP contribution in [-0.4, -0.2) is 50.3 Å². The molecule has 0 bridgehead atoms. The van der Waals surface area contributed by atoms with Crippen LogP contribution in [0.3, 0.4) is 0 Å². The van der Waals surface area contributed by atoms with Gasteiger partial charge in [-0.25, -0.2) is 4.79 Å². The zero-order chi connectivity index (χ0) is 13.4. The van der Waals surface area contributed by atoms with Crippen LogP contribution in [0.4, 0.5) is 4.79 Å². The molecule has 1 aliphatic heterocycles. The standard InChI is InChI=1S/C13H27N3O2/c1-3-4-5-11-8-12(15-13(17)18-2)10-16(9-11)7-6-14/h11-12H,3-10,14H2,1-2H3,(H,15,17). The van der Waals surface area contributed by atoms with E-state index < -0.39 is 0 Å². The molecular weight excluding hydrogens is 230 g/mol. The fraction of sp³-hybridized carbons (Fsp3) is 0.923. The molecule has 5 nitrogen and oxygen atoms in total. The molecule has 0 aromatic rings. The van der Waals surface area contributed by atoms with Crippen LogP contribution in [0, 0.1) is 5.92 Å². The van der Waals surface area contributed by atoms with Gasteiger partial charge in [-0.2, -0.15) is 0 Å². The van der Waals surface area contributed by atoms with E-state index in [0.29, 0.717) is 12.5 Å². The van der Waals surface area contributed by atoms with Crippen molar-refractivity contribution in [3.63, 3.8) is 0 Å². The second-order valence-electron chi connectivity index (χ2n) is 5.13. The zero-order valence-electron chi connectivity index (χ0n) is 11.7. The van der Waals surface area contributed by atoms with Crippen molar-refractivity contribution in [2.75, 3.05) is 33.3 Å². The molecule has 1 aliphatic rings. The molecule has 1 fully saturated rings. The van der Waals surface area contributed by atoms with E-state index in [1.165, 1.54) is 26.4 Å². The molecule has 0 aliphatic carbocycles. The van der Waals surface area contributed by atoms with E-state index in [2.05, 4.69) is 21.9 Å². The highest BCUT2D eigenvalue weighted by atomic mass is 16.5. The summed E-state index contributed by atoms with van der Waals surface area (Å²) in [5.41, 5.74) is 5.62. The van der Waals surface area contributed by atoms with Crippen LogP contribution in [0.5, 0.6) is 0 Å². The van der Waals surface area contributed by atoms with Crippen molar-refractivity contribution in [2.24, 2.45) is 11.7 Å². The van der Waals surface area contributed by atoms with E-state index in [9.17, 15) is 4.79 Å². The van der Waals surface area contributed by atoms with E-state index in [1.807, 2.05) is 0 Å². The second-order valence-corrected chi connectivity index (χ2v) is 5.13. The molecule has 1 heterocycles. The fourth-order valence-electron chi connectivity index (χ4n) is 2.70. The molecule has 2 atom stereocenters. The van der Waals surface area contributed by atoms with Crippen molar-refractivity contribution < 1.29 is 9.53 Å². The molecule has 0 saturated carbocycles. The summed E-state index contributed by atoms with van der Waals surface area (Å²) < 4.78 is 4.67. The summed E-state index contributed by atoms with van der Waals surface area (Å²) in [6, 6.07) is 0.194. The van der Waals surface area contributed by atoms with Gasteiger partial charge in [0.15, 0.2) is 0 Å². The van der Waals surface area contributed by atoms with E-state index in [1.54, 1.807) is 0 Å². The Morgan fingerprint density at radius 1 is 1.50 bits per heavy atom. The molecule has 0 radical (unpaired) electrons. The first-order valence-corrected chi connectivity index (χ1v) is 6.96. The molecule has 106 valence electrons. The number of ether oxygens (including phenoxy) is 1. The maximum Gasteiger partial charge on any atom is 0.407 e. The van der Waals surface area contributed by atoms with E-state index >= 15 is 0 Å². The van der Waals surface area contributed by atoms with Crippen LogP contribution in [0.2, 0.25) is 0 Å². The number of likely N-dealkylation sites (tertiary alicyclic amines) is 1. The lowest BCUT2D eigenvalue weighted by Crippen LogP contribution is -2.51. The van der Waals surface area contributed by atoms with Gasteiger partial charge in [0.2, 0.25) is 0 Å². The average Bonchev–Trinajstić information content (AvgIpc) is 2.36. The third kappa shape index (κ3) is 5.23. The van der Waals surface area contributed by atoms with Gasteiger partial charge >= 0.3 is 6.09 Å². The Kier molecular flexibility index (Phi) is 7.05. The van der Waals surface area contributed by atoms with Crippen LogP contribution in [0.25, 0.3) is 0 Å². The molecule has 1 rings (SSSR count). The summed E-state index contributed by atoms with van der Waals surface area (Å²) in [7, 11) is 1.41. The first-order valence-electron chi connectivity index (χ1n) is 6.96. The maximum atomic E-state index is 11.3. The SMILES string of the molecule is CCCCC1CC(NC(=O)OC)CN(CCN)C1. The van der Waals surface area contributed by atoms with Gasteiger partial charge in [0.1, 0.15) is 0 Å². The zero-order valence-corrected chi connectivity index (χ0v) is 11.7. The summed E-state index contributed by atoms with van der Waals surface area (Å²) in [6.07, 6.45) is 4.44. The first-order chi connectivity index (χ1) is 8.69. The Balaban J connectivity index is 2.47. The number of hydrogen-bond acceptors (Lipinski definition) is 4. The number of nitrogens with two attached hydrogens (primary N) is 1. The number of amides is 1. The number of methoxy groups -OCH3 is 1. The van der Waals surface area contributed by atoms with Gasteiger partial charge in [0.25, 0.3) is 0 Å². The minimum atomic E-state index is -0.330. The second kappa shape index (κ2) is 8.32. The highest BCUT2D eigenvalue weighted by Crippen LogP contribution is 2.22. The minimum absolute atomic E-state index is 0.194. The van der Waals surface area contributed by atoms with Gasteiger partial charge in [0.05, 0.1) is 7.11 Å². The van der Waals surface area contributed by atoms with Crippen molar-refractivity contribution in [3.05, 3.63) is 0 Å². The molecule has 1 amide bonds. The third-order valence-corrected chi connectivity index (χ3v) is 3.53. The van der Waals surface area contributed by atoms with E-state index in [4.69, 9.17) is 5.73 Å². The highest BCUT2D eigenvalue weighted by Gasteiger charge is 2.27. The lowest BCUT2D eigenvalue weighted by Gasteiger charge is -2.37. The predicted molar refractivity (Wildman–Crippen MR) is 72.5 cm³/mol. The summed E-state index contributed by atoms with van der Waals surface area (Å²) in [6.45, 7) is 5.78. The number of piperidine rings is 1. The Labute approximate surface area is 110 Å². The van der Waals surface area contributed by atoms with Crippen molar-refractivity contribution in [1.82, 2.24) is 10.2 Å². The van der Waals surface area contributed by atoms with Crippen LogP contribution in [0.1, 0.15) is 32.6 Å². The van der Waals surface area contributed by atoms with Crippen molar-refractivity contribution in [3.8, 4) is 0 Å². The van der Waals surface area contributed by atoms with Crippen LogP contribution in [-0.2, 0) is 4.74 Å². The highest BCUT2D eigenvalue weighted by molar-refractivity contribution is 5.67. The van der Waals surface area contributed by atoms with Crippen molar-refractivity contribution in [1.29, 1.82) is 0 Å². The van der Waals surface area contributed by atoms with Gasteiger partial charge in [-0.1, -0.05) is 19.8 Å². The monoisotopic (exact) mass is 257 g/mol. The number of unbranched alkanes of at least 4 members (excludes halogenated alkanes) is 1. The molecule has 1 saturated heterocycles. The van der Waals surface area contributed by atoms with Gasteiger partial charge in [-0.05, 0) is 18.8 Å². The van der Waals surface area contributed by atoms with Crippen molar-refractivity contribution >= 4 is 6.09 Å². The fourth-order valence-corrected chi connectivity index (χ4v) is 2.70. The number of rotatable bonds is 6. The largest absolute Gasteiger partial charge is 0.453 e. The minimum Gasteiger partial charge on any atom is -0.453 e. The van der Waals surface area contributed by atoms with Crippen LogP contribution in [0.15, 0.2) is 0 Å². The van der Waals surface area contributed by atoms with Crippen LogP contribution >= 0.6 is 0 Å². The molecule has 18 heavy (non-hydrogen) atoms. The lowest BCUT2D eigenvalue weighted by atomic mass is 9.90. The Morgan fingerprint density at radius 2 is 2.28 bits per heavy atom. The molecule has 2 unspecified atom stereocenters. The molecule has 0 aromatic heterocycles. The summed E-state index contributed by atoms with van der Waals surface area (Å²) in [4.78, 5) is 13.6. The molecule has 3 N–H and O–H groups in total. The van der Waals surface area contributed by atoms with E-state index in [0.717, 1.165) is 26.1 Å². The summed E-state index contributed by atoms with van der Waals surface area (Å²) in [5.74, 6) is 0.660. The lowest BCUT2D eigenvalue weighted by molar-refractivity contribution is 0.123. The number of carbonyl (C=O) groups is 1. The smallest absolute Gasteiger partial charge is 0.407 e. The topological polar surface area (TPSA) is 67.6 Å². The molecule has 0 aromatic carbocycles. The number of alkyl carbamates (subject to hydrolysis) is 1. The van der Waals surface area contributed by atoms with E-state index in [-0.39, 0.29) is 12.1 Å². The molecular formula is C13H27N3O2. The molecule has 0 spiro atoms. The number of nitrogens with one attached hydrogen (secondary N) is 1. The predicted octanol–water partition coefficient (Wildman–Crippen LogP) is 1.18. The first kappa shape index (κ1) is 15.2. The summed E-state index contributed by atoms with van der Waals surface area (Å²) in [5, 5.41) is 2.92.